The molecule has 0 saturated carbocycles. The molecule has 29 heavy (non-hydrogen) atoms. The minimum atomic E-state index is -0.358. The molecule has 8 nitrogen and oxygen atoms in total. The van der Waals surface area contributed by atoms with Gasteiger partial charge in [-0.05, 0) is 30.3 Å². The van der Waals surface area contributed by atoms with Crippen molar-refractivity contribution in [3.63, 3.8) is 0 Å². The van der Waals surface area contributed by atoms with Gasteiger partial charge in [-0.1, -0.05) is 18.2 Å². The number of amides is 3. The molecular weight excluding hydrogens is 392 g/mol. The van der Waals surface area contributed by atoms with Crippen LogP contribution >= 0.6 is 11.3 Å². The SMILES string of the molecule is O=C(CCNC(=O)Nc1ccccc1)Nc1nc(-c2ccc3c(c2)OCO3)cs1. The molecule has 2 heterocycles. The number of fused-ring (bicyclic) bond motifs is 1. The van der Waals surface area contributed by atoms with Crippen molar-refractivity contribution in [3.8, 4) is 22.8 Å². The molecule has 1 aliphatic heterocycles. The minimum absolute atomic E-state index is 0.140. The average molecular weight is 410 g/mol. The zero-order valence-corrected chi connectivity index (χ0v) is 16.1. The van der Waals surface area contributed by atoms with Gasteiger partial charge in [-0.15, -0.1) is 11.3 Å². The molecule has 0 unspecified atom stereocenters. The number of nitrogens with zero attached hydrogens (tertiary/aromatic N) is 1. The molecule has 1 aromatic heterocycles. The Morgan fingerprint density at radius 3 is 2.72 bits per heavy atom. The van der Waals surface area contributed by atoms with Crippen molar-refractivity contribution in [2.75, 3.05) is 24.0 Å². The highest BCUT2D eigenvalue weighted by Gasteiger charge is 2.15. The molecule has 3 amide bonds. The quantitative estimate of drug-likeness (QED) is 0.575. The van der Waals surface area contributed by atoms with Gasteiger partial charge in [0.15, 0.2) is 16.6 Å². The zero-order chi connectivity index (χ0) is 20.1. The van der Waals surface area contributed by atoms with E-state index in [2.05, 4.69) is 20.9 Å². The summed E-state index contributed by atoms with van der Waals surface area (Å²) < 4.78 is 10.7. The smallest absolute Gasteiger partial charge is 0.319 e. The van der Waals surface area contributed by atoms with Crippen LogP contribution in [-0.2, 0) is 4.79 Å². The van der Waals surface area contributed by atoms with Crippen molar-refractivity contribution >= 4 is 34.1 Å². The molecule has 9 heteroatoms. The number of aromatic nitrogens is 1. The number of anilines is 2. The summed E-state index contributed by atoms with van der Waals surface area (Å²) in [6.07, 6.45) is 0.140. The maximum Gasteiger partial charge on any atom is 0.319 e. The summed E-state index contributed by atoms with van der Waals surface area (Å²) in [7, 11) is 0. The van der Waals surface area contributed by atoms with Crippen LogP contribution in [0.2, 0.25) is 0 Å². The lowest BCUT2D eigenvalue weighted by atomic mass is 10.1. The normalized spacial score (nSPS) is 11.7. The van der Waals surface area contributed by atoms with E-state index in [9.17, 15) is 9.59 Å². The summed E-state index contributed by atoms with van der Waals surface area (Å²) in [5, 5.41) is 10.4. The van der Waals surface area contributed by atoms with E-state index < -0.39 is 0 Å². The highest BCUT2D eigenvalue weighted by atomic mass is 32.1. The van der Waals surface area contributed by atoms with Crippen molar-refractivity contribution in [1.82, 2.24) is 10.3 Å². The highest BCUT2D eigenvalue weighted by Crippen LogP contribution is 2.36. The predicted molar refractivity (Wildman–Crippen MR) is 110 cm³/mol. The Morgan fingerprint density at radius 1 is 1.03 bits per heavy atom. The molecule has 3 N–H and O–H groups in total. The van der Waals surface area contributed by atoms with E-state index >= 15 is 0 Å². The molecule has 0 spiro atoms. The molecular formula is C20H18N4O4S. The van der Waals surface area contributed by atoms with Crippen LogP contribution in [0.1, 0.15) is 6.42 Å². The molecule has 148 valence electrons. The summed E-state index contributed by atoms with van der Waals surface area (Å²) >= 11 is 1.33. The first kappa shape index (κ1) is 18.8. The number of ether oxygens (including phenoxy) is 2. The fourth-order valence-corrected chi connectivity index (χ4v) is 3.42. The lowest BCUT2D eigenvalue weighted by Gasteiger charge is -2.07. The number of rotatable bonds is 6. The van der Waals surface area contributed by atoms with Gasteiger partial charge in [0.05, 0.1) is 5.69 Å². The number of carbonyl (C=O) groups is 2. The Morgan fingerprint density at radius 2 is 1.86 bits per heavy atom. The van der Waals surface area contributed by atoms with Crippen LogP contribution in [-0.4, -0.2) is 30.3 Å². The monoisotopic (exact) mass is 410 g/mol. The Kier molecular flexibility index (Phi) is 5.57. The first-order valence-corrected chi connectivity index (χ1v) is 9.81. The predicted octanol–water partition coefficient (Wildman–Crippen LogP) is 3.69. The molecule has 0 bridgehead atoms. The van der Waals surface area contributed by atoms with Gasteiger partial charge in [0.1, 0.15) is 0 Å². The van der Waals surface area contributed by atoms with E-state index in [-0.39, 0.29) is 31.7 Å². The van der Waals surface area contributed by atoms with Gasteiger partial charge in [0, 0.05) is 29.6 Å². The van der Waals surface area contributed by atoms with Gasteiger partial charge in [-0.2, -0.15) is 0 Å². The Bertz CT molecular complexity index is 1020. The molecule has 0 fully saturated rings. The second-order valence-corrected chi connectivity index (χ2v) is 7.01. The third-order valence-electron chi connectivity index (χ3n) is 4.09. The number of benzene rings is 2. The van der Waals surface area contributed by atoms with Crippen molar-refractivity contribution in [2.24, 2.45) is 0 Å². The Labute approximate surface area is 170 Å². The van der Waals surface area contributed by atoms with Crippen molar-refractivity contribution in [1.29, 1.82) is 0 Å². The molecule has 3 aromatic rings. The third-order valence-corrected chi connectivity index (χ3v) is 4.85. The maximum absolute atomic E-state index is 12.1. The Hall–Kier alpha value is -3.59. The van der Waals surface area contributed by atoms with E-state index in [1.807, 2.05) is 41.8 Å². The second kappa shape index (κ2) is 8.61. The van der Waals surface area contributed by atoms with E-state index in [0.717, 1.165) is 11.3 Å². The highest BCUT2D eigenvalue weighted by molar-refractivity contribution is 7.14. The van der Waals surface area contributed by atoms with Crippen LogP contribution in [0.3, 0.4) is 0 Å². The second-order valence-electron chi connectivity index (χ2n) is 6.15. The number of carbonyl (C=O) groups excluding carboxylic acids is 2. The zero-order valence-electron chi connectivity index (χ0n) is 15.3. The van der Waals surface area contributed by atoms with Crippen molar-refractivity contribution in [3.05, 3.63) is 53.9 Å². The number of urea groups is 1. The van der Waals surface area contributed by atoms with Gasteiger partial charge in [0.25, 0.3) is 0 Å². The van der Waals surface area contributed by atoms with Crippen LogP contribution < -0.4 is 25.4 Å². The molecule has 2 aromatic carbocycles. The molecule has 0 radical (unpaired) electrons. The summed E-state index contributed by atoms with van der Waals surface area (Å²) in [5.41, 5.74) is 2.31. The minimum Gasteiger partial charge on any atom is -0.454 e. The van der Waals surface area contributed by atoms with Crippen LogP contribution in [0.4, 0.5) is 15.6 Å². The van der Waals surface area contributed by atoms with Gasteiger partial charge >= 0.3 is 6.03 Å². The largest absolute Gasteiger partial charge is 0.454 e. The van der Waals surface area contributed by atoms with E-state index in [1.165, 1.54) is 11.3 Å². The fraction of sp³-hybridized carbons (Fsp3) is 0.150. The van der Waals surface area contributed by atoms with Crippen molar-refractivity contribution < 1.29 is 19.1 Å². The Balaban J connectivity index is 1.24. The summed E-state index contributed by atoms with van der Waals surface area (Å²) in [4.78, 5) is 28.3. The summed E-state index contributed by atoms with van der Waals surface area (Å²) in [6, 6.07) is 14.3. The number of para-hydroxylation sites is 1. The number of hydrogen-bond donors (Lipinski definition) is 3. The molecule has 0 atom stereocenters. The maximum atomic E-state index is 12.1. The molecule has 0 aliphatic carbocycles. The number of thiazole rings is 1. The topological polar surface area (TPSA) is 102 Å². The van der Waals surface area contributed by atoms with Crippen LogP contribution in [0, 0.1) is 0 Å². The first-order chi connectivity index (χ1) is 14.2. The standard InChI is InChI=1S/C20H18N4O4S/c25-18(8-9-21-19(26)22-14-4-2-1-3-5-14)24-20-23-15(11-29-20)13-6-7-16-17(10-13)28-12-27-16/h1-7,10-11H,8-9,12H2,(H2,21,22,26)(H,23,24,25). The number of nitrogens with one attached hydrogen (secondary N) is 3. The van der Waals surface area contributed by atoms with Crippen LogP contribution in [0.5, 0.6) is 11.5 Å². The van der Waals surface area contributed by atoms with Gasteiger partial charge < -0.3 is 25.4 Å². The summed E-state index contributed by atoms with van der Waals surface area (Å²) in [5.74, 6) is 1.17. The van der Waals surface area contributed by atoms with E-state index in [1.54, 1.807) is 12.1 Å². The van der Waals surface area contributed by atoms with E-state index in [0.29, 0.717) is 22.3 Å². The average Bonchev–Trinajstić information content (AvgIpc) is 3.37. The van der Waals surface area contributed by atoms with Gasteiger partial charge in [0.2, 0.25) is 12.7 Å². The van der Waals surface area contributed by atoms with Gasteiger partial charge in [-0.25, -0.2) is 9.78 Å². The van der Waals surface area contributed by atoms with Crippen LogP contribution in [0.25, 0.3) is 11.3 Å². The molecule has 1 aliphatic rings. The first-order valence-electron chi connectivity index (χ1n) is 8.93. The van der Waals surface area contributed by atoms with Gasteiger partial charge in [-0.3, -0.25) is 4.79 Å². The lowest BCUT2D eigenvalue weighted by Crippen LogP contribution is -2.31. The third kappa shape index (κ3) is 4.82. The van der Waals surface area contributed by atoms with E-state index in [4.69, 9.17) is 9.47 Å². The lowest BCUT2D eigenvalue weighted by molar-refractivity contribution is -0.116. The molecule has 0 saturated heterocycles. The fourth-order valence-electron chi connectivity index (χ4n) is 2.69. The van der Waals surface area contributed by atoms with Crippen molar-refractivity contribution in [2.45, 2.75) is 6.42 Å². The van der Waals surface area contributed by atoms with Crippen LogP contribution in [0.15, 0.2) is 53.9 Å². The number of hydrogen-bond acceptors (Lipinski definition) is 6. The summed E-state index contributed by atoms with van der Waals surface area (Å²) in [6.45, 7) is 0.430. The molecule has 4 rings (SSSR count).